The van der Waals surface area contributed by atoms with Gasteiger partial charge in [-0.2, -0.15) is 0 Å². The van der Waals surface area contributed by atoms with Crippen LogP contribution in [0, 0.1) is 17.5 Å². The topological polar surface area (TPSA) is 21.3 Å². The summed E-state index contributed by atoms with van der Waals surface area (Å²) in [5, 5.41) is 2.61. The van der Waals surface area contributed by atoms with E-state index in [4.69, 9.17) is 4.74 Å². The number of anilines is 1. The average Bonchev–Trinajstić information content (AvgIpc) is 2.37. The van der Waals surface area contributed by atoms with E-state index in [2.05, 4.69) is 21.2 Å². The van der Waals surface area contributed by atoms with Gasteiger partial charge in [-0.3, -0.25) is 0 Å². The van der Waals surface area contributed by atoms with Crippen molar-refractivity contribution >= 4 is 21.6 Å². The molecule has 2 rings (SSSR count). The summed E-state index contributed by atoms with van der Waals surface area (Å²) in [7, 11) is 1.54. The molecule has 0 bridgehead atoms. The van der Waals surface area contributed by atoms with E-state index in [-0.39, 0.29) is 12.2 Å². The van der Waals surface area contributed by atoms with Crippen LogP contribution in [-0.4, -0.2) is 7.11 Å². The lowest BCUT2D eigenvalue weighted by Gasteiger charge is -2.10. The Morgan fingerprint density at radius 3 is 2.30 bits per heavy atom. The lowest BCUT2D eigenvalue weighted by atomic mass is 10.2. The number of methoxy groups -OCH3 is 1. The largest absolute Gasteiger partial charge is 0.496 e. The van der Waals surface area contributed by atoms with E-state index in [1.165, 1.54) is 0 Å². The summed E-state index contributed by atoms with van der Waals surface area (Å²) in [5.41, 5.74) is 0.444. The third kappa shape index (κ3) is 3.25. The first-order chi connectivity index (χ1) is 9.51. The fourth-order valence-corrected chi connectivity index (χ4v) is 2.31. The number of hydrogen-bond acceptors (Lipinski definition) is 2. The second kappa shape index (κ2) is 6.17. The standard InChI is InChI=1S/C14H11BrF3NO/c1-20-13-3-2-8(4-10(13)15)7-19-14-11(17)5-9(16)6-12(14)18/h2-6,19H,7H2,1H3. The van der Waals surface area contributed by atoms with E-state index in [9.17, 15) is 13.2 Å². The predicted octanol–water partition coefficient (Wildman–Crippen LogP) is 4.49. The molecule has 0 aliphatic heterocycles. The van der Waals surface area contributed by atoms with Crippen molar-refractivity contribution in [2.24, 2.45) is 0 Å². The predicted molar refractivity (Wildman–Crippen MR) is 74.3 cm³/mol. The zero-order chi connectivity index (χ0) is 14.7. The molecule has 0 atom stereocenters. The molecule has 20 heavy (non-hydrogen) atoms. The van der Waals surface area contributed by atoms with Crippen molar-refractivity contribution in [3.63, 3.8) is 0 Å². The third-order valence-electron chi connectivity index (χ3n) is 2.69. The Morgan fingerprint density at radius 2 is 1.75 bits per heavy atom. The fraction of sp³-hybridized carbons (Fsp3) is 0.143. The van der Waals surface area contributed by atoms with Gasteiger partial charge in [-0.25, -0.2) is 13.2 Å². The normalized spacial score (nSPS) is 10.4. The molecule has 0 spiro atoms. The van der Waals surface area contributed by atoms with Crippen LogP contribution < -0.4 is 10.1 Å². The van der Waals surface area contributed by atoms with Gasteiger partial charge in [0.1, 0.15) is 17.3 Å². The van der Waals surface area contributed by atoms with Crippen LogP contribution >= 0.6 is 15.9 Å². The number of benzene rings is 2. The Bertz CT molecular complexity index is 611. The van der Waals surface area contributed by atoms with Crippen LogP contribution in [0.25, 0.3) is 0 Å². The van der Waals surface area contributed by atoms with Crippen LogP contribution in [0.1, 0.15) is 5.56 Å². The van der Waals surface area contributed by atoms with Crippen LogP contribution in [0.5, 0.6) is 5.75 Å². The van der Waals surface area contributed by atoms with Crippen molar-refractivity contribution in [3.8, 4) is 5.75 Å². The summed E-state index contributed by atoms with van der Waals surface area (Å²) < 4.78 is 45.5. The summed E-state index contributed by atoms with van der Waals surface area (Å²) in [5.74, 6) is -2.21. The highest BCUT2D eigenvalue weighted by Gasteiger charge is 2.11. The minimum atomic E-state index is -0.963. The number of ether oxygens (including phenoxy) is 1. The van der Waals surface area contributed by atoms with Gasteiger partial charge in [0.15, 0.2) is 11.6 Å². The Kier molecular flexibility index (Phi) is 4.54. The maximum atomic E-state index is 13.4. The van der Waals surface area contributed by atoms with Gasteiger partial charge in [-0.15, -0.1) is 0 Å². The molecule has 106 valence electrons. The minimum absolute atomic E-state index is 0.196. The molecule has 2 nitrogen and oxygen atoms in total. The second-order valence-electron chi connectivity index (χ2n) is 4.07. The van der Waals surface area contributed by atoms with Gasteiger partial charge in [0.05, 0.1) is 11.6 Å². The number of nitrogens with one attached hydrogen (secondary N) is 1. The molecule has 1 N–H and O–H groups in total. The van der Waals surface area contributed by atoms with E-state index in [0.29, 0.717) is 17.9 Å². The molecular formula is C14H11BrF3NO. The van der Waals surface area contributed by atoms with E-state index in [1.807, 2.05) is 0 Å². The van der Waals surface area contributed by atoms with Crippen LogP contribution in [0.3, 0.4) is 0 Å². The molecule has 0 radical (unpaired) electrons. The Hall–Kier alpha value is -1.69. The number of rotatable bonds is 4. The molecule has 0 saturated heterocycles. The molecule has 0 fully saturated rings. The van der Waals surface area contributed by atoms with Gasteiger partial charge in [0.25, 0.3) is 0 Å². The number of hydrogen-bond donors (Lipinski definition) is 1. The Labute approximate surface area is 122 Å². The lowest BCUT2D eigenvalue weighted by Crippen LogP contribution is -2.04. The molecule has 0 aromatic heterocycles. The van der Waals surface area contributed by atoms with Gasteiger partial charge in [-0.05, 0) is 33.6 Å². The first-order valence-electron chi connectivity index (χ1n) is 5.72. The highest BCUT2D eigenvalue weighted by atomic mass is 79.9. The zero-order valence-electron chi connectivity index (χ0n) is 10.5. The first-order valence-corrected chi connectivity index (χ1v) is 6.51. The van der Waals surface area contributed by atoms with Crippen molar-refractivity contribution in [1.82, 2.24) is 0 Å². The Morgan fingerprint density at radius 1 is 1.10 bits per heavy atom. The molecule has 2 aromatic carbocycles. The summed E-state index contributed by atoms with van der Waals surface area (Å²) in [4.78, 5) is 0. The molecule has 2 aromatic rings. The number of halogens is 4. The Balaban J connectivity index is 2.15. The highest BCUT2D eigenvalue weighted by Crippen LogP contribution is 2.26. The molecule has 6 heteroatoms. The van der Waals surface area contributed by atoms with E-state index < -0.39 is 17.5 Å². The SMILES string of the molecule is COc1ccc(CNc2c(F)cc(F)cc2F)cc1Br. The van der Waals surface area contributed by atoms with E-state index >= 15 is 0 Å². The molecule has 0 saturated carbocycles. The highest BCUT2D eigenvalue weighted by molar-refractivity contribution is 9.10. The molecule has 0 amide bonds. The first kappa shape index (κ1) is 14.7. The van der Waals surface area contributed by atoms with Crippen LogP contribution in [0.15, 0.2) is 34.8 Å². The van der Waals surface area contributed by atoms with E-state index in [1.54, 1.807) is 25.3 Å². The summed E-state index contributed by atoms with van der Waals surface area (Å²) >= 11 is 3.32. The van der Waals surface area contributed by atoms with Crippen molar-refractivity contribution in [2.45, 2.75) is 6.54 Å². The lowest BCUT2D eigenvalue weighted by molar-refractivity contribution is 0.412. The average molecular weight is 346 g/mol. The van der Waals surface area contributed by atoms with Gasteiger partial charge >= 0.3 is 0 Å². The van der Waals surface area contributed by atoms with Crippen molar-refractivity contribution in [2.75, 3.05) is 12.4 Å². The molecule has 0 heterocycles. The van der Waals surface area contributed by atoms with Gasteiger partial charge < -0.3 is 10.1 Å². The third-order valence-corrected chi connectivity index (χ3v) is 3.31. The quantitative estimate of drug-likeness (QED) is 0.881. The molecule has 0 aliphatic carbocycles. The smallest absolute Gasteiger partial charge is 0.152 e. The van der Waals surface area contributed by atoms with E-state index in [0.717, 1.165) is 10.0 Å². The molecule has 0 aliphatic rings. The van der Waals surface area contributed by atoms with Gasteiger partial charge in [0, 0.05) is 18.7 Å². The molecular weight excluding hydrogens is 335 g/mol. The zero-order valence-corrected chi connectivity index (χ0v) is 12.1. The summed E-state index contributed by atoms with van der Waals surface area (Å²) in [6.45, 7) is 0.196. The van der Waals surface area contributed by atoms with Crippen molar-refractivity contribution in [3.05, 3.63) is 57.8 Å². The van der Waals surface area contributed by atoms with Crippen LogP contribution in [-0.2, 0) is 6.54 Å². The van der Waals surface area contributed by atoms with Crippen molar-refractivity contribution < 1.29 is 17.9 Å². The van der Waals surface area contributed by atoms with Gasteiger partial charge in [0.2, 0.25) is 0 Å². The monoisotopic (exact) mass is 345 g/mol. The molecule has 0 unspecified atom stereocenters. The van der Waals surface area contributed by atoms with Crippen molar-refractivity contribution in [1.29, 1.82) is 0 Å². The van der Waals surface area contributed by atoms with Crippen LogP contribution in [0.2, 0.25) is 0 Å². The summed E-state index contributed by atoms with van der Waals surface area (Å²) in [6, 6.07) is 6.53. The summed E-state index contributed by atoms with van der Waals surface area (Å²) in [6.07, 6.45) is 0. The van der Waals surface area contributed by atoms with Crippen LogP contribution in [0.4, 0.5) is 18.9 Å². The maximum Gasteiger partial charge on any atom is 0.152 e. The minimum Gasteiger partial charge on any atom is -0.496 e. The second-order valence-corrected chi connectivity index (χ2v) is 4.92. The fourth-order valence-electron chi connectivity index (χ4n) is 1.72. The maximum absolute atomic E-state index is 13.4. The van der Waals surface area contributed by atoms with Gasteiger partial charge in [-0.1, -0.05) is 6.07 Å².